The lowest BCUT2D eigenvalue weighted by Crippen LogP contribution is -1.99. The summed E-state index contributed by atoms with van der Waals surface area (Å²) in [5, 5.41) is 0. The molecule has 0 saturated carbocycles. The molecule has 2 N–H and O–H groups in total. The molecule has 2 rings (SSSR count). The summed E-state index contributed by atoms with van der Waals surface area (Å²) >= 11 is 0. The summed E-state index contributed by atoms with van der Waals surface area (Å²) in [5.41, 5.74) is 5.92. The number of rotatable bonds is 4. The average molecular weight is 219 g/mol. The summed E-state index contributed by atoms with van der Waals surface area (Å²) in [7, 11) is 0. The highest BCUT2D eigenvalue weighted by Gasteiger charge is 2.08. The van der Waals surface area contributed by atoms with E-state index in [4.69, 9.17) is 10.2 Å². The third kappa shape index (κ3) is 2.31. The first-order chi connectivity index (χ1) is 7.81. The molecule has 0 aliphatic rings. The smallest absolute Gasteiger partial charge is 0.137 e. The highest BCUT2D eigenvalue weighted by atomic mass is 19.1. The van der Waals surface area contributed by atoms with Crippen LogP contribution in [0.1, 0.15) is 12.2 Å². The largest absolute Gasteiger partial charge is 0.461 e. The molecule has 0 unspecified atom stereocenters. The lowest BCUT2D eigenvalue weighted by molar-refractivity contribution is 0.511. The van der Waals surface area contributed by atoms with E-state index in [1.807, 2.05) is 6.07 Å². The summed E-state index contributed by atoms with van der Waals surface area (Å²) in [6.07, 6.45) is 1.68. The molecule has 0 saturated heterocycles. The van der Waals surface area contributed by atoms with Crippen LogP contribution in [0.15, 0.2) is 40.8 Å². The van der Waals surface area contributed by atoms with E-state index < -0.39 is 0 Å². The molecule has 2 aromatic rings. The van der Waals surface area contributed by atoms with E-state index in [0.29, 0.717) is 17.9 Å². The van der Waals surface area contributed by atoms with Crippen LogP contribution in [0, 0.1) is 5.82 Å². The molecular weight excluding hydrogens is 205 g/mol. The fourth-order valence-corrected chi connectivity index (χ4v) is 1.59. The average Bonchev–Trinajstić information content (AvgIpc) is 2.75. The van der Waals surface area contributed by atoms with Crippen LogP contribution in [-0.2, 0) is 6.42 Å². The van der Waals surface area contributed by atoms with Crippen LogP contribution in [0.2, 0.25) is 0 Å². The fourth-order valence-electron chi connectivity index (χ4n) is 1.59. The van der Waals surface area contributed by atoms with Gasteiger partial charge in [-0.05, 0) is 37.2 Å². The number of benzene rings is 1. The van der Waals surface area contributed by atoms with E-state index in [9.17, 15) is 4.39 Å². The zero-order valence-electron chi connectivity index (χ0n) is 8.95. The second-order valence-corrected chi connectivity index (χ2v) is 3.64. The van der Waals surface area contributed by atoms with Crippen molar-refractivity contribution in [2.75, 3.05) is 6.54 Å². The Balaban J connectivity index is 2.22. The fraction of sp³-hybridized carbons (Fsp3) is 0.231. The number of halogens is 1. The quantitative estimate of drug-likeness (QED) is 0.858. The van der Waals surface area contributed by atoms with E-state index in [1.54, 1.807) is 24.3 Å². The van der Waals surface area contributed by atoms with Crippen LogP contribution in [0.4, 0.5) is 4.39 Å². The van der Waals surface area contributed by atoms with Crippen LogP contribution >= 0.6 is 0 Å². The number of furan rings is 1. The first-order valence-electron chi connectivity index (χ1n) is 5.35. The van der Waals surface area contributed by atoms with Gasteiger partial charge in [0.1, 0.15) is 17.3 Å². The SMILES string of the molecule is NCCCc1ccc(-c2ccccc2F)o1. The van der Waals surface area contributed by atoms with Crippen molar-refractivity contribution in [2.24, 2.45) is 5.73 Å². The minimum absolute atomic E-state index is 0.262. The minimum atomic E-state index is -0.262. The van der Waals surface area contributed by atoms with Gasteiger partial charge in [0, 0.05) is 6.42 Å². The molecule has 0 aliphatic heterocycles. The van der Waals surface area contributed by atoms with Crippen molar-refractivity contribution in [3.63, 3.8) is 0 Å². The summed E-state index contributed by atoms with van der Waals surface area (Å²) < 4.78 is 19.0. The maximum Gasteiger partial charge on any atom is 0.137 e. The Labute approximate surface area is 93.9 Å². The van der Waals surface area contributed by atoms with Gasteiger partial charge in [-0.3, -0.25) is 0 Å². The maximum atomic E-state index is 13.5. The van der Waals surface area contributed by atoms with Crippen LogP contribution in [0.5, 0.6) is 0 Å². The van der Waals surface area contributed by atoms with E-state index in [0.717, 1.165) is 18.6 Å². The maximum absolute atomic E-state index is 13.5. The zero-order valence-corrected chi connectivity index (χ0v) is 8.95. The molecule has 1 aromatic carbocycles. The molecule has 0 fully saturated rings. The van der Waals surface area contributed by atoms with Crippen LogP contribution in [0.3, 0.4) is 0 Å². The third-order valence-corrected chi connectivity index (χ3v) is 2.43. The molecule has 84 valence electrons. The molecule has 1 aromatic heterocycles. The number of nitrogens with two attached hydrogens (primary N) is 1. The van der Waals surface area contributed by atoms with Crippen LogP contribution < -0.4 is 5.73 Å². The first kappa shape index (κ1) is 10.9. The third-order valence-electron chi connectivity index (χ3n) is 2.43. The van der Waals surface area contributed by atoms with E-state index in [-0.39, 0.29) is 5.82 Å². The molecule has 16 heavy (non-hydrogen) atoms. The van der Waals surface area contributed by atoms with Crippen LogP contribution in [-0.4, -0.2) is 6.54 Å². The van der Waals surface area contributed by atoms with Crippen molar-refractivity contribution in [2.45, 2.75) is 12.8 Å². The summed E-state index contributed by atoms with van der Waals surface area (Å²) in [4.78, 5) is 0. The first-order valence-corrected chi connectivity index (χ1v) is 5.35. The Kier molecular flexibility index (Phi) is 3.37. The van der Waals surface area contributed by atoms with Gasteiger partial charge in [-0.2, -0.15) is 0 Å². The Morgan fingerprint density at radius 2 is 1.94 bits per heavy atom. The van der Waals surface area contributed by atoms with E-state index in [2.05, 4.69) is 0 Å². The lowest BCUT2D eigenvalue weighted by atomic mass is 10.1. The molecular formula is C13H14FNO. The Bertz CT molecular complexity index is 464. The van der Waals surface area contributed by atoms with Gasteiger partial charge >= 0.3 is 0 Å². The molecule has 0 aliphatic carbocycles. The Morgan fingerprint density at radius 3 is 2.69 bits per heavy atom. The molecule has 0 atom stereocenters. The van der Waals surface area contributed by atoms with Gasteiger partial charge in [-0.25, -0.2) is 4.39 Å². The van der Waals surface area contributed by atoms with Gasteiger partial charge in [0.05, 0.1) is 5.56 Å². The topological polar surface area (TPSA) is 39.2 Å². The standard InChI is InChI=1S/C13H14FNO/c14-12-6-2-1-5-11(12)13-8-7-10(16-13)4-3-9-15/h1-2,5-8H,3-4,9,15H2. The number of hydrogen-bond donors (Lipinski definition) is 1. The molecule has 1 heterocycles. The predicted molar refractivity (Wildman–Crippen MR) is 61.5 cm³/mol. The summed E-state index contributed by atoms with van der Waals surface area (Å²) in [5.74, 6) is 1.16. The summed E-state index contributed by atoms with van der Waals surface area (Å²) in [6.45, 7) is 0.635. The van der Waals surface area contributed by atoms with Crippen molar-refractivity contribution in [3.8, 4) is 11.3 Å². The van der Waals surface area contributed by atoms with Crippen LogP contribution in [0.25, 0.3) is 11.3 Å². The van der Waals surface area contributed by atoms with E-state index >= 15 is 0 Å². The number of aryl methyl sites for hydroxylation is 1. The molecule has 0 radical (unpaired) electrons. The van der Waals surface area contributed by atoms with Crippen molar-refractivity contribution < 1.29 is 8.81 Å². The highest BCUT2D eigenvalue weighted by molar-refractivity contribution is 5.58. The van der Waals surface area contributed by atoms with Crippen molar-refractivity contribution in [1.82, 2.24) is 0 Å². The van der Waals surface area contributed by atoms with Gasteiger partial charge in [0.2, 0.25) is 0 Å². The van der Waals surface area contributed by atoms with Gasteiger partial charge in [0.25, 0.3) is 0 Å². The minimum Gasteiger partial charge on any atom is -0.461 e. The molecule has 0 amide bonds. The predicted octanol–water partition coefficient (Wildman–Crippen LogP) is 2.98. The van der Waals surface area contributed by atoms with Gasteiger partial charge < -0.3 is 10.2 Å². The molecule has 3 heteroatoms. The Morgan fingerprint density at radius 1 is 1.12 bits per heavy atom. The molecule has 2 nitrogen and oxygen atoms in total. The van der Waals surface area contributed by atoms with Gasteiger partial charge in [-0.15, -0.1) is 0 Å². The zero-order chi connectivity index (χ0) is 11.4. The normalized spacial score (nSPS) is 10.6. The number of hydrogen-bond acceptors (Lipinski definition) is 2. The molecule has 0 spiro atoms. The second kappa shape index (κ2) is 4.94. The lowest BCUT2D eigenvalue weighted by Gasteiger charge is -1.98. The summed E-state index contributed by atoms with van der Waals surface area (Å²) in [6, 6.07) is 10.3. The highest BCUT2D eigenvalue weighted by Crippen LogP contribution is 2.25. The molecule has 0 bridgehead atoms. The second-order valence-electron chi connectivity index (χ2n) is 3.64. The monoisotopic (exact) mass is 219 g/mol. The van der Waals surface area contributed by atoms with Crippen molar-refractivity contribution >= 4 is 0 Å². The van der Waals surface area contributed by atoms with Crippen molar-refractivity contribution in [3.05, 3.63) is 48.0 Å². The van der Waals surface area contributed by atoms with E-state index in [1.165, 1.54) is 6.07 Å². The Hall–Kier alpha value is -1.61. The van der Waals surface area contributed by atoms with Gasteiger partial charge in [0.15, 0.2) is 0 Å². The van der Waals surface area contributed by atoms with Crippen molar-refractivity contribution in [1.29, 1.82) is 0 Å². The van der Waals surface area contributed by atoms with Gasteiger partial charge in [-0.1, -0.05) is 12.1 Å².